The molecule has 1 aliphatic rings. The van der Waals surface area contributed by atoms with Crippen LogP contribution in [-0.4, -0.2) is 69.1 Å². The van der Waals surface area contributed by atoms with Gasteiger partial charge in [0.05, 0.1) is 19.7 Å². The van der Waals surface area contributed by atoms with Crippen LogP contribution >= 0.6 is 24.0 Å². The molecule has 2 rings (SSSR count). The zero-order valence-corrected chi connectivity index (χ0v) is 20.8. The Morgan fingerprint density at radius 1 is 1.26 bits per heavy atom. The minimum atomic E-state index is -4.17. The van der Waals surface area contributed by atoms with Crippen molar-refractivity contribution in [2.75, 3.05) is 46.0 Å². The molecule has 1 aromatic rings. The molecule has 0 bridgehead atoms. The molecule has 1 aromatic carbocycles. The van der Waals surface area contributed by atoms with Crippen molar-refractivity contribution in [2.45, 2.75) is 46.0 Å². The van der Waals surface area contributed by atoms with E-state index in [1.165, 1.54) is 4.90 Å². The fourth-order valence-corrected chi connectivity index (χ4v) is 3.31. The molecule has 1 atom stereocenters. The standard InChI is InChI=1S/C21H33F3N4O2.HI/c1-4-25-20(27-18-8-9-28(14-18)15-21(22,23)24)26-13-17-7-6-16(3)12-19(17)30-11-10-29-5-2;/h6-7,12,18H,4-5,8-11,13-15H2,1-3H3,(H2,25,26,27);1H. The number of hydrogen-bond donors (Lipinski definition) is 2. The number of rotatable bonds is 10. The highest BCUT2D eigenvalue weighted by atomic mass is 127. The normalized spacial score (nSPS) is 17.4. The molecule has 31 heavy (non-hydrogen) atoms. The van der Waals surface area contributed by atoms with Crippen LogP contribution in [0, 0.1) is 6.92 Å². The number of ether oxygens (including phenoxy) is 2. The van der Waals surface area contributed by atoms with Crippen LogP contribution in [0.5, 0.6) is 5.75 Å². The summed E-state index contributed by atoms with van der Waals surface area (Å²) in [5.74, 6) is 1.36. The third kappa shape index (κ3) is 10.7. The zero-order chi connectivity index (χ0) is 22.0. The summed E-state index contributed by atoms with van der Waals surface area (Å²) >= 11 is 0. The molecule has 0 aliphatic carbocycles. The topological polar surface area (TPSA) is 58.1 Å². The first kappa shape index (κ1) is 27.8. The number of likely N-dealkylation sites (tertiary alicyclic amines) is 1. The van der Waals surface area contributed by atoms with Crippen LogP contribution in [0.1, 0.15) is 31.4 Å². The van der Waals surface area contributed by atoms with E-state index in [0.29, 0.717) is 58.4 Å². The molecule has 0 saturated carbocycles. The van der Waals surface area contributed by atoms with Crippen LogP contribution in [0.25, 0.3) is 0 Å². The van der Waals surface area contributed by atoms with Gasteiger partial charge in [0.25, 0.3) is 0 Å². The van der Waals surface area contributed by atoms with E-state index in [0.717, 1.165) is 16.9 Å². The van der Waals surface area contributed by atoms with Gasteiger partial charge in [0.15, 0.2) is 5.96 Å². The smallest absolute Gasteiger partial charge is 0.401 e. The lowest BCUT2D eigenvalue weighted by molar-refractivity contribution is -0.143. The van der Waals surface area contributed by atoms with Crippen molar-refractivity contribution in [1.82, 2.24) is 15.5 Å². The Kier molecular flexibility index (Phi) is 12.5. The lowest BCUT2D eigenvalue weighted by Crippen LogP contribution is -2.45. The molecule has 1 fully saturated rings. The number of benzene rings is 1. The molecule has 1 saturated heterocycles. The number of aryl methyl sites for hydroxylation is 1. The summed E-state index contributed by atoms with van der Waals surface area (Å²) in [7, 11) is 0. The second-order valence-corrected chi connectivity index (χ2v) is 7.33. The van der Waals surface area contributed by atoms with E-state index in [9.17, 15) is 13.2 Å². The van der Waals surface area contributed by atoms with Crippen LogP contribution in [-0.2, 0) is 11.3 Å². The number of nitrogens with one attached hydrogen (secondary N) is 2. The predicted molar refractivity (Wildman–Crippen MR) is 127 cm³/mol. The highest BCUT2D eigenvalue weighted by Crippen LogP contribution is 2.22. The van der Waals surface area contributed by atoms with Gasteiger partial charge in [-0.3, -0.25) is 4.90 Å². The van der Waals surface area contributed by atoms with Crippen LogP contribution in [0.4, 0.5) is 13.2 Å². The Morgan fingerprint density at radius 3 is 2.71 bits per heavy atom. The first-order valence-corrected chi connectivity index (χ1v) is 10.4. The molecular weight excluding hydrogens is 524 g/mol. The van der Waals surface area contributed by atoms with Gasteiger partial charge in [-0.2, -0.15) is 13.2 Å². The van der Waals surface area contributed by atoms with Gasteiger partial charge in [-0.1, -0.05) is 12.1 Å². The quantitative estimate of drug-likeness (QED) is 0.199. The van der Waals surface area contributed by atoms with E-state index < -0.39 is 12.7 Å². The average Bonchev–Trinajstić information content (AvgIpc) is 3.09. The van der Waals surface area contributed by atoms with Crippen molar-refractivity contribution < 1.29 is 22.6 Å². The second kappa shape index (κ2) is 14.0. The second-order valence-electron chi connectivity index (χ2n) is 7.33. The number of alkyl halides is 3. The molecule has 1 heterocycles. The third-order valence-electron chi connectivity index (χ3n) is 4.68. The van der Waals surface area contributed by atoms with Gasteiger partial charge >= 0.3 is 6.18 Å². The molecule has 10 heteroatoms. The Hall–Kier alpha value is -1.27. The maximum Gasteiger partial charge on any atom is 0.401 e. The van der Waals surface area contributed by atoms with Crippen molar-refractivity contribution in [3.05, 3.63) is 29.3 Å². The molecule has 2 N–H and O–H groups in total. The highest BCUT2D eigenvalue weighted by molar-refractivity contribution is 14.0. The minimum Gasteiger partial charge on any atom is -0.491 e. The molecule has 1 aliphatic heterocycles. The minimum absolute atomic E-state index is 0. The van der Waals surface area contributed by atoms with E-state index in [2.05, 4.69) is 15.6 Å². The van der Waals surface area contributed by atoms with Gasteiger partial charge in [0.2, 0.25) is 0 Å². The van der Waals surface area contributed by atoms with Gasteiger partial charge in [-0.15, -0.1) is 24.0 Å². The summed E-state index contributed by atoms with van der Waals surface area (Å²) in [4.78, 5) is 6.05. The molecule has 0 aromatic heterocycles. The Labute approximate surface area is 200 Å². The number of halogens is 4. The van der Waals surface area contributed by atoms with Crippen molar-refractivity contribution in [3.63, 3.8) is 0 Å². The maximum atomic E-state index is 12.6. The lowest BCUT2D eigenvalue weighted by atomic mass is 10.1. The average molecular weight is 558 g/mol. The summed E-state index contributed by atoms with van der Waals surface area (Å²) in [6, 6.07) is 5.90. The van der Waals surface area contributed by atoms with Crippen LogP contribution in [0.3, 0.4) is 0 Å². The molecule has 0 amide bonds. The van der Waals surface area contributed by atoms with E-state index >= 15 is 0 Å². The third-order valence-corrected chi connectivity index (χ3v) is 4.68. The van der Waals surface area contributed by atoms with Crippen LogP contribution < -0.4 is 15.4 Å². The van der Waals surface area contributed by atoms with Crippen LogP contribution in [0.15, 0.2) is 23.2 Å². The number of aliphatic imine (C=N–C) groups is 1. The van der Waals surface area contributed by atoms with Crippen molar-refractivity contribution in [1.29, 1.82) is 0 Å². The molecule has 0 radical (unpaired) electrons. The van der Waals surface area contributed by atoms with Crippen molar-refractivity contribution in [2.24, 2.45) is 4.99 Å². The largest absolute Gasteiger partial charge is 0.491 e. The van der Waals surface area contributed by atoms with Gasteiger partial charge < -0.3 is 20.1 Å². The fraction of sp³-hybridized carbons (Fsp3) is 0.667. The molecular formula is C21H34F3IN4O2. The summed E-state index contributed by atoms with van der Waals surface area (Å²) in [5.41, 5.74) is 2.04. The van der Waals surface area contributed by atoms with Gasteiger partial charge in [0.1, 0.15) is 12.4 Å². The molecule has 1 unspecified atom stereocenters. The molecule has 6 nitrogen and oxygen atoms in total. The summed E-state index contributed by atoms with van der Waals surface area (Å²) in [6.45, 7) is 8.49. The zero-order valence-electron chi connectivity index (χ0n) is 18.4. The molecule has 178 valence electrons. The first-order chi connectivity index (χ1) is 14.3. The summed E-state index contributed by atoms with van der Waals surface area (Å²) in [6.07, 6.45) is -3.52. The highest BCUT2D eigenvalue weighted by Gasteiger charge is 2.34. The van der Waals surface area contributed by atoms with Gasteiger partial charge in [-0.05, 0) is 38.8 Å². The van der Waals surface area contributed by atoms with E-state index in [1.54, 1.807) is 0 Å². The Balaban J connectivity index is 0.00000480. The van der Waals surface area contributed by atoms with Crippen molar-refractivity contribution in [3.8, 4) is 5.75 Å². The first-order valence-electron chi connectivity index (χ1n) is 10.4. The summed E-state index contributed by atoms with van der Waals surface area (Å²) in [5, 5.41) is 6.43. The van der Waals surface area contributed by atoms with Crippen LogP contribution in [0.2, 0.25) is 0 Å². The number of nitrogens with zero attached hydrogens (tertiary/aromatic N) is 2. The maximum absolute atomic E-state index is 12.6. The lowest BCUT2D eigenvalue weighted by Gasteiger charge is -2.20. The van der Waals surface area contributed by atoms with E-state index in [4.69, 9.17) is 9.47 Å². The predicted octanol–water partition coefficient (Wildman–Crippen LogP) is 3.72. The summed E-state index contributed by atoms with van der Waals surface area (Å²) < 4.78 is 49.0. The Bertz CT molecular complexity index is 689. The Morgan fingerprint density at radius 2 is 2.03 bits per heavy atom. The number of hydrogen-bond acceptors (Lipinski definition) is 4. The van der Waals surface area contributed by atoms with E-state index in [-0.39, 0.29) is 30.0 Å². The monoisotopic (exact) mass is 558 g/mol. The van der Waals surface area contributed by atoms with E-state index in [1.807, 2.05) is 39.0 Å². The fourth-order valence-electron chi connectivity index (χ4n) is 3.31. The van der Waals surface area contributed by atoms with Crippen molar-refractivity contribution >= 4 is 29.9 Å². The van der Waals surface area contributed by atoms with Gasteiger partial charge in [-0.25, -0.2) is 4.99 Å². The molecule has 0 spiro atoms. The van der Waals surface area contributed by atoms with Gasteiger partial charge in [0, 0.05) is 37.8 Å². The SMILES string of the molecule is CCNC(=NCc1ccc(C)cc1OCCOCC)NC1CCN(CC(F)(F)F)C1.I. The number of guanidine groups is 1.